The van der Waals surface area contributed by atoms with Crippen LogP contribution < -0.4 is 16.0 Å². The summed E-state index contributed by atoms with van der Waals surface area (Å²) in [5.74, 6) is 5.59. The number of halogens is 2. The fourth-order valence-corrected chi connectivity index (χ4v) is 2.77. The number of benzene rings is 1. The van der Waals surface area contributed by atoms with Gasteiger partial charge in [-0.15, -0.1) is 0 Å². The Hall–Kier alpha value is -1.50. The van der Waals surface area contributed by atoms with Crippen LogP contribution in [0.5, 0.6) is 5.75 Å². The molecular weight excluding hydrogens is 348 g/mol. The molecule has 0 aliphatic rings. The van der Waals surface area contributed by atoms with Crippen LogP contribution >= 0.6 is 27.5 Å². The quantitative estimate of drug-likeness (QED) is 0.499. The first kappa shape index (κ1) is 14.9. The molecule has 0 aliphatic carbocycles. The molecule has 0 saturated carbocycles. The Kier molecular flexibility index (Phi) is 4.69. The van der Waals surface area contributed by atoms with Gasteiger partial charge in [-0.25, -0.2) is 5.84 Å². The summed E-state index contributed by atoms with van der Waals surface area (Å²) in [6.07, 6.45) is 1.40. The summed E-state index contributed by atoms with van der Waals surface area (Å²) in [4.78, 5) is 11.5. The van der Waals surface area contributed by atoms with E-state index in [9.17, 15) is 4.79 Å². The molecule has 1 heterocycles. The van der Waals surface area contributed by atoms with Crippen molar-refractivity contribution in [1.82, 2.24) is 5.43 Å². The molecule has 3 N–H and O–H groups in total. The van der Waals surface area contributed by atoms with Crippen LogP contribution in [0.4, 0.5) is 0 Å². The highest BCUT2D eigenvalue weighted by Gasteiger charge is 2.15. The SMILES string of the molecule is Cc1cc(Br)cc(Cl)c1OCc1occc1C(=O)NN. The molecule has 2 rings (SSSR count). The van der Waals surface area contributed by atoms with Crippen molar-refractivity contribution in [3.63, 3.8) is 0 Å². The van der Waals surface area contributed by atoms with Gasteiger partial charge in [0.1, 0.15) is 12.4 Å². The molecule has 0 fully saturated rings. The Morgan fingerprint density at radius 3 is 2.95 bits per heavy atom. The van der Waals surface area contributed by atoms with Crippen molar-refractivity contribution < 1.29 is 13.9 Å². The minimum atomic E-state index is -0.434. The molecule has 5 nitrogen and oxygen atoms in total. The summed E-state index contributed by atoms with van der Waals surface area (Å²) in [5.41, 5.74) is 3.26. The lowest BCUT2D eigenvalue weighted by molar-refractivity contribution is 0.0949. The topological polar surface area (TPSA) is 77.5 Å². The predicted molar refractivity (Wildman–Crippen MR) is 78.6 cm³/mol. The smallest absolute Gasteiger partial charge is 0.268 e. The number of hydrogen-bond donors (Lipinski definition) is 2. The van der Waals surface area contributed by atoms with Gasteiger partial charge in [0.15, 0.2) is 5.76 Å². The zero-order valence-electron chi connectivity index (χ0n) is 10.6. The zero-order valence-corrected chi connectivity index (χ0v) is 12.9. The maximum atomic E-state index is 11.5. The van der Waals surface area contributed by atoms with E-state index in [2.05, 4.69) is 15.9 Å². The summed E-state index contributed by atoms with van der Waals surface area (Å²) in [6.45, 7) is 1.96. The van der Waals surface area contributed by atoms with Crippen molar-refractivity contribution in [3.8, 4) is 5.75 Å². The first-order valence-electron chi connectivity index (χ1n) is 5.68. The van der Waals surface area contributed by atoms with Gasteiger partial charge in [-0.2, -0.15) is 0 Å². The lowest BCUT2D eigenvalue weighted by atomic mass is 10.2. The van der Waals surface area contributed by atoms with E-state index in [0.717, 1.165) is 10.0 Å². The molecule has 0 unspecified atom stereocenters. The number of nitrogens with one attached hydrogen (secondary N) is 1. The molecule has 7 heteroatoms. The van der Waals surface area contributed by atoms with Crippen molar-refractivity contribution in [2.75, 3.05) is 0 Å². The van der Waals surface area contributed by atoms with E-state index >= 15 is 0 Å². The van der Waals surface area contributed by atoms with Crippen LogP contribution in [-0.2, 0) is 6.61 Å². The fraction of sp³-hybridized carbons (Fsp3) is 0.154. The molecule has 0 radical (unpaired) electrons. The van der Waals surface area contributed by atoms with E-state index in [1.807, 2.05) is 18.4 Å². The molecule has 1 aromatic carbocycles. The molecule has 2 aromatic rings. The number of furan rings is 1. The average Bonchev–Trinajstić information content (AvgIpc) is 2.85. The largest absolute Gasteiger partial charge is 0.484 e. The monoisotopic (exact) mass is 358 g/mol. The number of rotatable bonds is 4. The third-order valence-electron chi connectivity index (χ3n) is 2.66. The first-order valence-corrected chi connectivity index (χ1v) is 6.85. The van der Waals surface area contributed by atoms with E-state index in [1.54, 1.807) is 6.07 Å². The number of ether oxygens (including phenoxy) is 1. The van der Waals surface area contributed by atoms with Crippen LogP contribution in [-0.4, -0.2) is 5.91 Å². The summed E-state index contributed by atoms with van der Waals surface area (Å²) in [6, 6.07) is 5.15. The molecule has 106 valence electrons. The van der Waals surface area contributed by atoms with Gasteiger partial charge in [0.25, 0.3) is 5.91 Å². The van der Waals surface area contributed by atoms with Gasteiger partial charge >= 0.3 is 0 Å². The van der Waals surface area contributed by atoms with Crippen molar-refractivity contribution in [2.24, 2.45) is 5.84 Å². The van der Waals surface area contributed by atoms with Crippen LogP contribution in [0.15, 0.2) is 33.4 Å². The number of hydrogen-bond acceptors (Lipinski definition) is 4. The number of aryl methyl sites for hydroxylation is 1. The number of nitrogen functional groups attached to an aromatic ring is 1. The Morgan fingerprint density at radius 2 is 2.30 bits per heavy atom. The fourth-order valence-electron chi connectivity index (χ4n) is 1.74. The standard InChI is InChI=1S/C13H12BrClN2O3/c1-7-4-8(14)5-10(15)12(7)20-6-11-9(2-3-19-11)13(18)17-16/h2-5H,6,16H2,1H3,(H,17,18). The second-order valence-electron chi connectivity index (χ2n) is 4.05. The minimum absolute atomic E-state index is 0.0813. The molecule has 0 bridgehead atoms. The summed E-state index contributed by atoms with van der Waals surface area (Å²) >= 11 is 9.47. The zero-order chi connectivity index (χ0) is 14.7. The maximum Gasteiger partial charge on any atom is 0.268 e. The molecule has 1 aromatic heterocycles. The van der Waals surface area contributed by atoms with Gasteiger partial charge in [0.05, 0.1) is 16.8 Å². The second kappa shape index (κ2) is 6.30. The predicted octanol–water partition coefficient (Wildman–Crippen LogP) is 3.19. The van der Waals surface area contributed by atoms with Crippen molar-refractivity contribution in [1.29, 1.82) is 0 Å². The first-order chi connectivity index (χ1) is 9.52. The highest BCUT2D eigenvalue weighted by molar-refractivity contribution is 9.10. The highest BCUT2D eigenvalue weighted by Crippen LogP contribution is 2.32. The third-order valence-corrected chi connectivity index (χ3v) is 3.40. The van der Waals surface area contributed by atoms with Gasteiger partial charge in [0.2, 0.25) is 0 Å². The van der Waals surface area contributed by atoms with Crippen molar-refractivity contribution >= 4 is 33.4 Å². The summed E-state index contributed by atoms with van der Waals surface area (Å²) in [5, 5.41) is 0.480. The third kappa shape index (κ3) is 3.15. The van der Waals surface area contributed by atoms with Gasteiger partial charge in [0, 0.05) is 4.47 Å². The van der Waals surface area contributed by atoms with Gasteiger partial charge in [-0.05, 0) is 30.7 Å². The molecule has 1 amide bonds. The Labute approximate surface area is 129 Å². The van der Waals surface area contributed by atoms with Crippen LogP contribution in [0.25, 0.3) is 0 Å². The van der Waals surface area contributed by atoms with Crippen molar-refractivity contribution in [3.05, 3.63) is 50.8 Å². The van der Waals surface area contributed by atoms with Crippen molar-refractivity contribution in [2.45, 2.75) is 13.5 Å². The van der Waals surface area contributed by atoms with Crippen LogP contribution in [0, 0.1) is 6.92 Å². The number of nitrogens with two attached hydrogens (primary N) is 1. The summed E-state index contributed by atoms with van der Waals surface area (Å²) in [7, 11) is 0. The van der Waals surface area contributed by atoms with Crippen LogP contribution in [0.1, 0.15) is 21.7 Å². The number of hydrazine groups is 1. The normalized spacial score (nSPS) is 10.4. The Morgan fingerprint density at radius 1 is 1.55 bits per heavy atom. The maximum absolute atomic E-state index is 11.5. The molecule has 0 saturated heterocycles. The highest BCUT2D eigenvalue weighted by atomic mass is 79.9. The van der Waals surface area contributed by atoms with Crippen LogP contribution in [0.3, 0.4) is 0 Å². The van der Waals surface area contributed by atoms with Gasteiger partial charge < -0.3 is 9.15 Å². The number of amides is 1. The second-order valence-corrected chi connectivity index (χ2v) is 5.38. The van der Waals surface area contributed by atoms with E-state index in [-0.39, 0.29) is 6.61 Å². The number of carbonyl (C=O) groups excluding carboxylic acids is 1. The lowest BCUT2D eigenvalue weighted by Crippen LogP contribution is -2.30. The molecule has 0 aliphatic heterocycles. The average molecular weight is 360 g/mol. The Balaban J connectivity index is 2.18. The van der Waals surface area contributed by atoms with Crippen LogP contribution in [0.2, 0.25) is 5.02 Å². The number of carbonyl (C=O) groups is 1. The molecule has 0 spiro atoms. The van der Waals surface area contributed by atoms with E-state index in [4.69, 9.17) is 26.6 Å². The minimum Gasteiger partial charge on any atom is -0.484 e. The molecule has 20 heavy (non-hydrogen) atoms. The molecule has 0 atom stereocenters. The van der Waals surface area contributed by atoms with Gasteiger partial charge in [-0.1, -0.05) is 27.5 Å². The molecular formula is C13H12BrClN2O3. The van der Waals surface area contributed by atoms with E-state index in [1.165, 1.54) is 12.3 Å². The summed E-state index contributed by atoms with van der Waals surface area (Å²) < 4.78 is 11.7. The van der Waals surface area contributed by atoms with E-state index in [0.29, 0.717) is 22.1 Å². The van der Waals surface area contributed by atoms with E-state index < -0.39 is 5.91 Å². The lowest BCUT2D eigenvalue weighted by Gasteiger charge is -2.11. The Bertz CT molecular complexity index is 619. The van der Waals surface area contributed by atoms with Gasteiger partial charge in [-0.3, -0.25) is 10.2 Å².